The van der Waals surface area contributed by atoms with Gasteiger partial charge in [0.05, 0.1) is 13.0 Å². The van der Waals surface area contributed by atoms with E-state index in [1.54, 1.807) is 0 Å². The maximum Gasteiger partial charge on any atom is 0.225 e. The summed E-state index contributed by atoms with van der Waals surface area (Å²) in [6.45, 7) is 5.68. The van der Waals surface area contributed by atoms with E-state index < -0.39 is 0 Å². The van der Waals surface area contributed by atoms with Crippen molar-refractivity contribution in [2.45, 2.75) is 19.3 Å². The van der Waals surface area contributed by atoms with Crippen molar-refractivity contribution in [1.82, 2.24) is 15.1 Å². The van der Waals surface area contributed by atoms with E-state index in [9.17, 15) is 9.59 Å². The topological polar surface area (TPSA) is 61.9 Å². The summed E-state index contributed by atoms with van der Waals surface area (Å²) in [4.78, 5) is 29.2. The number of hydrogen-bond acceptors (Lipinski definition) is 4. The summed E-state index contributed by atoms with van der Waals surface area (Å²) < 4.78 is 5.62. The zero-order chi connectivity index (χ0) is 18.6. The van der Waals surface area contributed by atoms with E-state index in [1.807, 2.05) is 35.2 Å². The lowest BCUT2D eigenvalue weighted by molar-refractivity contribution is -0.140. The van der Waals surface area contributed by atoms with Gasteiger partial charge in [-0.15, -0.1) is 0 Å². The molecule has 6 heteroatoms. The van der Waals surface area contributed by atoms with Crippen molar-refractivity contribution in [1.29, 1.82) is 0 Å². The fourth-order valence-corrected chi connectivity index (χ4v) is 4.60. The summed E-state index contributed by atoms with van der Waals surface area (Å²) in [6.07, 6.45) is 1.96. The molecule has 0 radical (unpaired) electrons. The molecule has 0 unspecified atom stereocenters. The number of amides is 2. The van der Waals surface area contributed by atoms with E-state index in [1.165, 1.54) is 0 Å². The first-order chi connectivity index (χ1) is 13.2. The van der Waals surface area contributed by atoms with Gasteiger partial charge in [0.2, 0.25) is 11.8 Å². The molecular weight excluding hydrogens is 342 g/mol. The van der Waals surface area contributed by atoms with Crippen molar-refractivity contribution in [2.24, 2.45) is 17.8 Å². The molecule has 146 valence electrons. The van der Waals surface area contributed by atoms with Crippen molar-refractivity contribution in [3.63, 3.8) is 0 Å². The van der Waals surface area contributed by atoms with Gasteiger partial charge in [-0.1, -0.05) is 18.2 Å². The zero-order valence-electron chi connectivity index (χ0n) is 15.8. The number of benzene rings is 1. The highest BCUT2D eigenvalue weighted by Gasteiger charge is 2.40. The Morgan fingerprint density at radius 2 is 1.67 bits per heavy atom. The quantitative estimate of drug-likeness (QED) is 0.849. The van der Waals surface area contributed by atoms with Crippen molar-refractivity contribution < 1.29 is 14.3 Å². The van der Waals surface area contributed by atoms with Gasteiger partial charge in [-0.05, 0) is 36.8 Å². The number of carbonyl (C=O) groups is 2. The lowest BCUT2D eigenvalue weighted by Gasteiger charge is -2.33. The highest BCUT2D eigenvalue weighted by Crippen LogP contribution is 2.29. The molecule has 6 nitrogen and oxygen atoms in total. The monoisotopic (exact) mass is 371 g/mol. The normalized spacial score (nSPS) is 25.5. The molecule has 1 N–H and O–H groups in total. The Labute approximate surface area is 160 Å². The SMILES string of the molecule is O=C(CCOc1ccccc1)N1CCC(C(=O)N2C[C@H]3CNC[C@H]3C2)CC1. The standard InChI is InChI=1S/C21H29N3O3/c25-20(8-11-27-19-4-2-1-3-5-19)23-9-6-16(7-10-23)21(26)24-14-17-12-22-13-18(17)15-24/h1-5,16-18,22H,6-15H2/t17-,18+. The molecule has 3 saturated heterocycles. The minimum atomic E-state index is 0.0846. The summed E-state index contributed by atoms with van der Waals surface area (Å²) in [5.74, 6) is 2.59. The van der Waals surface area contributed by atoms with E-state index in [0.717, 1.165) is 44.8 Å². The molecule has 0 aliphatic carbocycles. The minimum Gasteiger partial charge on any atom is -0.493 e. The fourth-order valence-electron chi connectivity index (χ4n) is 4.60. The van der Waals surface area contributed by atoms with Crippen LogP contribution in [-0.4, -0.2) is 67.5 Å². The molecule has 3 heterocycles. The van der Waals surface area contributed by atoms with Crippen LogP contribution in [0.15, 0.2) is 30.3 Å². The molecule has 27 heavy (non-hydrogen) atoms. The molecule has 0 bridgehead atoms. The predicted octanol–water partition coefficient (Wildman–Crippen LogP) is 1.37. The predicted molar refractivity (Wildman–Crippen MR) is 102 cm³/mol. The Balaban J connectivity index is 1.18. The van der Waals surface area contributed by atoms with E-state index in [2.05, 4.69) is 10.2 Å². The second-order valence-electron chi connectivity index (χ2n) is 7.99. The molecular formula is C21H29N3O3. The number of para-hydroxylation sites is 1. The molecule has 0 saturated carbocycles. The van der Waals surface area contributed by atoms with Crippen molar-refractivity contribution in [3.8, 4) is 5.75 Å². The van der Waals surface area contributed by atoms with Crippen LogP contribution < -0.4 is 10.1 Å². The molecule has 2 amide bonds. The first kappa shape index (κ1) is 18.3. The average Bonchev–Trinajstić information content (AvgIpc) is 3.30. The summed E-state index contributed by atoms with van der Waals surface area (Å²) in [6, 6.07) is 9.56. The molecule has 2 atom stereocenters. The van der Waals surface area contributed by atoms with Gasteiger partial charge in [0.15, 0.2) is 0 Å². The van der Waals surface area contributed by atoms with Crippen LogP contribution >= 0.6 is 0 Å². The van der Waals surface area contributed by atoms with Gasteiger partial charge in [0.1, 0.15) is 5.75 Å². The van der Waals surface area contributed by atoms with Crippen LogP contribution in [0.5, 0.6) is 5.75 Å². The summed E-state index contributed by atoms with van der Waals surface area (Å²) in [7, 11) is 0. The van der Waals surface area contributed by atoms with Crippen LogP contribution in [0.4, 0.5) is 0 Å². The van der Waals surface area contributed by atoms with Gasteiger partial charge in [0, 0.05) is 45.2 Å². The molecule has 1 aromatic carbocycles. The maximum atomic E-state index is 12.8. The number of ether oxygens (including phenoxy) is 1. The van der Waals surface area contributed by atoms with Crippen LogP contribution in [0.25, 0.3) is 0 Å². The second kappa shape index (κ2) is 8.30. The molecule has 3 fully saturated rings. The first-order valence-corrected chi connectivity index (χ1v) is 10.2. The van der Waals surface area contributed by atoms with Gasteiger partial charge in [-0.2, -0.15) is 0 Å². The number of likely N-dealkylation sites (tertiary alicyclic amines) is 2. The van der Waals surface area contributed by atoms with Crippen LogP contribution in [0.1, 0.15) is 19.3 Å². The number of carbonyl (C=O) groups excluding carboxylic acids is 2. The van der Waals surface area contributed by atoms with E-state index in [4.69, 9.17) is 4.74 Å². The Hall–Kier alpha value is -2.08. The van der Waals surface area contributed by atoms with Crippen LogP contribution in [0.2, 0.25) is 0 Å². The Morgan fingerprint density at radius 1 is 1.00 bits per heavy atom. The van der Waals surface area contributed by atoms with Gasteiger partial charge >= 0.3 is 0 Å². The smallest absolute Gasteiger partial charge is 0.225 e. The van der Waals surface area contributed by atoms with Crippen molar-refractivity contribution in [3.05, 3.63) is 30.3 Å². The Kier molecular flexibility index (Phi) is 5.62. The Morgan fingerprint density at radius 3 is 2.33 bits per heavy atom. The van der Waals surface area contributed by atoms with E-state index in [0.29, 0.717) is 43.9 Å². The highest BCUT2D eigenvalue weighted by atomic mass is 16.5. The molecule has 0 aromatic heterocycles. The largest absolute Gasteiger partial charge is 0.493 e. The number of piperidine rings is 1. The third-order valence-corrected chi connectivity index (χ3v) is 6.23. The molecule has 3 aliphatic rings. The van der Waals surface area contributed by atoms with Crippen LogP contribution in [-0.2, 0) is 9.59 Å². The van der Waals surface area contributed by atoms with Crippen molar-refractivity contribution >= 4 is 11.8 Å². The number of fused-ring (bicyclic) bond motifs is 1. The van der Waals surface area contributed by atoms with E-state index >= 15 is 0 Å². The molecule has 4 rings (SSSR count). The fraction of sp³-hybridized carbons (Fsp3) is 0.619. The van der Waals surface area contributed by atoms with Crippen molar-refractivity contribution in [2.75, 3.05) is 45.9 Å². The molecule has 1 aromatic rings. The number of nitrogens with one attached hydrogen (secondary N) is 1. The molecule has 3 aliphatic heterocycles. The van der Waals surface area contributed by atoms with E-state index in [-0.39, 0.29) is 11.8 Å². The lowest BCUT2D eigenvalue weighted by atomic mass is 9.95. The maximum absolute atomic E-state index is 12.8. The van der Waals surface area contributed by atoms with Crippen LogP contribution in [0.3, 0.4) is 0 Å². The Bertz CT molecular complexity index is 646. The summed E-state index contributed by atoms with van der Waals surface area (Å²) in [5, 5.41) is 3.42. The van der Waals surface area contributed by atoms with Gasteiger partial charge in [-0.3, -0.25) is 9.59 Å². The van der Waals surface area contributed by atoms with Gasteiger partial charge in [-0.25, -0.2) is 0 Å². The van der Waals surface area contributed by atoms with Gasteiger partial charge in [0.25, 0.3) is 0 Å². The second-order valence-corrected chi connectivity index (χ2v) is 7.99. The zero-order valence-corrected chi connectivity index (χ0v) is 15.8. The molecule has 0 spiro atoms. The van der Waals surface area contributed by atoms with Crippen LogP contribution in [0, 0.1) is 17.8 Å². The highest BCUT2D eigenvalue weighted by molar-refractivity contribution is 5.80. The third-order valence-electron chi connectivity index (χ3n) is 6.23. The summed E-state index contributed by atoms with van der Waals surface area (Å²) in [5.41, 5.74) is 0. The number of rotatable bonds is 5. The third kappa shape index (κ3) is 4.26. The van der Waals surface area contributed by atoms with Gasteiger partial charge < -0.3 is 19.9 Å². The number of hydrogen-bond donors (Lipinski definition) is 1. The lowest BCUT2D eigenvalue weighted by Crippen LogP contribution is -2.44. The first-order valence-electron chi connectivity index (χ1n) is 10.2. The average molecular weight is 371 g/mol. The number of nitrogens with zero attached hydrogens (tertiary/aromatic N) is 2. The minimum absolute atomic E-state index is 0.0846. The summed E-state index contributed by atoms with van der Waals surface area (Å²) >= 11 is 0.